The minimum absolute atomic E-state index is 0.134. The van der Waals surface area contributed by atoms with Crippen molar-refractivity contribution in [2.75, 3.05) is 7.05 Å². The minimum Gasteiger partial charge on any atom is -0.341 e. The summed E-state index contributed by atoms with van der Waals surface area (Å²) in [4.78, 5) is 14.1. The van der Waals surface area contributed by atoms with E-state index in [1.165, 1.54) is 11.1 Å². The number of hydrogen-bond donors (Lipinski definition) is 1. The molecule has 2 rings (SSSR count). The molecule has 1 aliphatic carbocycles. The molecular weight excluding hydrogens is 224 g/mol. The zero-order chi connectivity index (χ0) is 13.1. The molecule has 0 bridgehead atoms. The Kier molecular flexibility index (Phi) is 4.02. The van der Waals surface area contributed by atoms with Gasteiger partial charge in [-0.25, -0.2) is 0 Å². The van der Waals surface area contributed by atoms with Crippen LogP contribution in [-0.2, 0) is 11.3 Å². The Hall–Kier alpha value is -1.35. The smallest absolute Gasteiger partial charge is 0.225 e. The van der Waals surface area contributed by atoms with Gasteiger partial charge in [0.2, 0.25) is 5.91 Å². The zero-order valence-electron chi connectivity index (χ0n) is 11.2. The van der Waals surface area contributed by atoms with Crippen LogP contribution in [0.25, 0.3) is 0 Å². The van der Waals surface area contributed by atoms with Gasteiger partial charge in [0.15, 0.2) is 0 Å². The highest BCUT2D eigenvalue weighted by atomic mass is 16.2. The molecule has 2 unspecified atom stereocenters. The molecule has 18 heavy (non-hydrogen) atoms. The summed E-state index contributed by atoms with van der Waals surface area (Å²) in [5.41, 5.74) is 8.29. The summed E-state index contributed by atoms with van der Waals surface area (Å²) in [6, 6.07) is 8.52. The van der Waals surface area contributed by atoms with Crippen molar-refractivity contribution in [1.82, 2.24) is 4.90 Å². The fourth-order valence-electron chi connectivity index (χ4n) is 2.71. The summed E-state index contributed by atoms with van der Waals surface area (Å²) in [6.07, 6.45) is 2.77. The second-order valence-corrected chi connectivity index (χ2v) is 5.45. The van der Waals surface area contributed by atoms with Crippen molar-refractivity contribution in [3.63, 3.8) is 0 Å². The normalized spacial score (nSPS) is 23.1. The molecule has 1 aliphatic rings. The highest BCUT2D eigenvalue weighted by Crippen LogP contribution is 2.26. The van der Waals surface area contributed by atoms with Crippen LogP contribution >= 0.6 is 0 Å². The van der Waals surface area contributed by atoms with Gasteiger partial charge >= 0.3 is 0 Å². The van der Waals surface area contributed by atoms with Crippen LogP contribution in [-0.4, -0.2) is 23.9 Å². The molecule has 1 aromatic rings. The molecule has 2 N–H and O–H groups in total. The van der Waals surface area contributed by atoms with Gasteiger partial charge in [0.05, 0.1) is 0 Å². The molecule has 1 saturated carbocycles. The number of carbonyl (C=O) groups is 1. The molecule has 1 aromatic carbocycles. The monoisotopic (exact) mass is 246 g/mol. The van der Waals surface area contributed by atoms with Crippen molar-refractivity contribution >= 4 is 5.91 Å². The quantitative estimate of drug-likeness (QED) is 0.887. The van der Waals surface area contributed by atoms with Crippen molar-refractivity contribution in [3.05, 3.63) is 35.4 Å². The molecule has 0 spiro atoms. The van der Waals surface area contributed by atoms with Gasteiger partial charge in [-0.3, -0.25) is 4.79 Å². The number of benzene rings is 1. The predicted octanol–water partition coefficient (Wildman–Crippen LogP) is 2.08. The number of aryl methyl sites for hydroxylation is 1. The maximum absolute atomic E-state index is 12.3. The summed E-state index contributed by atoms with van der Waals surface area (Å²) in [5.74, 6) is 0.374. The molecular formula is C15H22N2O. The third-order valence-electron chi connectivity index (χ3n) is 3.70. The van der Waals surface area contributed by atoms with Crippen LogP contribution < -0.4 is 5.73 Å². The van der Waals surface area contributed by atoms with E-state index < -0.39 is 0 Å². The molecule has 98 valence electrons. The van der Waals surface area contributed by atoms with Gasteiger partial charge in [-0.05, 0) is 31.7 Å². The molecule has 1 amide bonds. The van der Waals surface area contributed by atoms with Gasteiger partial charge < -0.3 is 10.6 Å². The van der Waals surface area contributed by atoms with Crippen molar-refractivity contribution in [2.45, 2.75) is 38.8 Å². The van der Waals surface area contributed by atoms with Gasteiger partial charge in [-0.15, -0.1) is 0 Å². The lowest BCUT2D eigenvalue weighted by molar-refractivity contribution is -0.134. The minimum atomic E-state index is 0.134. The van der Waals surface area contributed by atoms with Crippen LogP contribution in [0.5, 0.6) is 0 Å². The predicted molar refractivity (Wildman–Crippen MR) is 73.0 cm³/mol. The number of carbonyl (C=O) groups excluding carboxylic acids is 1. The van der Waals surface area contributed by atoms with Crippen molar-refractivity contribution in [2.24, 2.45) is 11.7 Å². The first kappa shape index (κ1) is 13.1. The van der Waals surface area contributed by atoms with Crippen LogP contribution in [0.4, 0.5) is 0 Å². The average Bonchev–Trinajstić information content (AvgIpc) is 2.75. The van der Waals surface area contributed by atoms with Crippen LogP contribution in [0.2, 0.25) is 0 Å². The Bertz CT molecular complexity index is 430. The van der Waals surface area contributed by atoms with E-state index in [-0.39, 0.29) is 17.9 Å². The van der Waals surface area contributed by atoms with Gasteiger partial charge in [-0.2, -0.15) is 0 Å². The summed E-state index contributed by atoms with van der Waals surface area (Å²) in [5, 5.41) is 0. The molecule has 1 fully saturated rings. The molecule has 0 heterocycles. The summed E-state index contributed by atoms with van der Waals surface area (Å²) in [7, 11) is 1.88. The van der Waals surface area contributed by atoms with Crippen LogP contribution in [0.3, 0.4) is 0 Å². The van der Waals surface area contributed by atoms with E-state index in [0.717, 1.165) is 19.3 Å². The van der Waals surface area contributed by atoms with Crippen LogP contribution in [0.1, 0.15) is 30.4 Å². The topological polar surface area (TPSA) is 46.3 Å². The Balaban J connectivity index is 1.95. The molecule has 0 aromatic heterocycles. The highest BCUT2D eigenvalue weighted by Gasteiger charge is 2.29. The third kappa shape index (κ3) is 3.10. The van der Waals surface area contributed by atoms with E-state index in [2.05, 4.69) is 25.1 Å². The number of hydrogen-bond acceptors (Lipinski definition) is 2. The van der Waals surface area contributed by atoms with E-state index in [4.69, 9.17) is 5.73 Å². The largest absolute Gasteiger partial charge is 0.341 e. The number of amides is 1. The second kappa shape index (κ2) is 5.53. The number of nitrogens with two attached hydrogens (primary N) is 1. The average molecular weight is 246 g/mol. The SMILES string of the molecule is Cc1cccc(CN(C)C(=O)C2CCC(N)C2)c1. The molecule has 3 nitrogen and oxygen atoms in total. The van der Waals surface area contributed by atoms with Crippen molar-refractivity contribution in [1.29, 1.82) is 0 Å². The lowest BCUT2D eigenvalue weighted by atomic mass is 10.1. The number of nitrogens with zero attached hydrogens (tertiary/aromatic N) is 1. The second-order valence-electron chi connectivity index (χ2n) is 5.45. The Morgan fingerprint density at radius 1 is 1.44 bits per heavy atom. The van der Waals surface area contributed by atoms with Crippen LogP contribution in [0, 0.1) is 12.8 Å². The Morgan fingerprint density at radius 2 is 2.22 bits per heavy atom. The van der Waals surface area contributed by atoms with Gasteiger partial charge in [0.1, 0.15) is 0 Å². The lowest BCUT2D eigenvalue weighted by Crippen LogP contribution is -2.32. The maximum Gasteiger partial charge on any atom is 0.225 e. The molecule has 3 heteroatoms. The Labute approximate surface area is 109 Å². The summed E-state index contributed by atoms with van der Waals surface area (Å²) >= 11 is 0. The highest BCUT2D eigenvalue weighted by molar-refractivity contribution is 5.79. The maximum atomic E-state index is 12.3. The first-order chi connectivity index (χ1) is 8.56. The van der Waals surface area contributed by atoms with E-state index in [1.807, 2.05) is 18.0 Å². The van der Waals surface area contributed by atoms with Crippen molar-refractivity contribution < 1.29 is 4.79 Å². The zero-order valence-corrected chi connectivity index (χ0v) is 11.2. The van der Waals surface area contributed by atoms with Gasteiger partial charge in [0.25, 0.3) is 0 Å². The van der Waals surface area contributed by atoms with E-state index in [1.54, 1.807) is 0 Å². The number of rotatable bonds is 3. The summed E-state index contributed by atoms with van der Waals surface area (Å²) < 4.78 is 0. The molecule has 2 atom stereocenters. The van der Waals surface area contributed by atoms with E-state index in [9.17, 15) is 4.79 Å². The fourth-order valence-corrected chi connectivity index (χ4v) is 2.71. The molecule has 0 aliphatic heterocycles. The first-order valence-corrected chi connectivity index (χ1v) is 6.62. The third-order valence-corrected chi connectivity index (χ3v) is 3.70. The fraction of sp³-hybridized carbons (Fsp3) is 0.533. The van der Waals surface area contributed by atoms with E-state index >= 15 is 0 Å². The van der Waals surface area contributed by atoms with Crippen LogP contribution in [0.15, 0.2) is 24.3 Å². The van der Waals surface area contributed by atoms with E-state index in [0.29, 0.717) is 6.54 Å². The standard InChI is InChI=1S/C15H22N2O/c1-11-4-3-5-12(8-11)10-17(2)15(18)13-6-7-14(16)9-13/h3-5,8,13-14H,6-7,9-10,16H2,1-2H3. The van der Waals surface area contributed by atoms with Gasteiger partial charge in [0, 0.05) is 25.6 Å². The Morgan fingerprint density at radius 3 is 2.83 bits per heavy atom. The van der Waals surface area contributed by atoms with Crippen molar-refractivity contribution in [3.8, 4) is 0 Å². The van der Waals surface area contributed by atoms with Gasteiger partial charge in [-0.1, -0.05) is 29.8 Å². The lowest BCUT2D eigenvalue weighted by Gasteiger charge is -2.21. The first-order valence-electron chi connectivity index (χ1n) is 6.62. The molecule has 0 radical (unpaired) electrons. The molecule has 0 saturated heterocycles. The summed E-state index contributed by atoms with van der Waals surface area (Å²) in [6.45, 7) is 2.76.